The van der Waals surface area contributed by atoms with Crippen molar-refractivity contribution >= 4 is 56.0 Å². The van der Waals surface area contributed by atoms with Crippen LogP contribution in [0.4, 0.5) is 9.52 Å². The molecule has 1 fully saturated rings. The number of fused-ring (bicyclic) bond motifs is 1. The van der Waals surface area contributed by atoms with Crippen LogP contribution in [0.3, 0.4) is 0 Å². The summed E-state index contributed by atoms with van der Waals surface area (Å²) in [5.74, 6) is 0.109. The molecule has 1 atom stereocenters. The highest BCUT2D eigenvalue weighted by atomic mass is 35.5. The van der Waals surface area contributed by atoms with E-state index in [1.54, 1.807) is 23.1 Å². The summed E-state index contributed by atoms with van der Waals surface area (Å²) in [7, 11) is 0. The number of halogens is 2. The van der Waals surface area contributed by atoms with Crippen molar-refractivity contribution in [2.45, 2.75) is 5.37 Å². The molecule has 116 valence electrons. The highest BCUT2D eigenvalue weighted by Gasteiger charge is 2.36. The molecule has 0 N–H and O–H groups in total. The Labute approximate surface area is 145 Å². The fourth-order valence-electron chi connectivity index (χ4n) is 2.49. The van der Waals surface area contributed by atoms with Crippen LogP contribution in [0.2, 0.25) is 5.02 Å². The number of carbonyl (C=O) groups is 1. The van der Waals surface area contributed by atoms with Crippen molar-refractivity contribution < 1.29 is 9.18 Å². The zero-order valence-corrected chi connectivity index (χ0v) is 14.1. The molecular weight excluding hydrogens is 355 g/mol. The second-order valence-corrected chi connectivity index (χ2v) is 7.60. The predicted molar refractivity (Wildman–Crippen MR) is 93.7 cm³/mol. The quantitative estimate of drug-likeness (QED) is 0.650. The molecular formula is C16H10ClFN2OS2. The Balaban J connectivity index is 1.76. The molecule has 0 radical (unpaired) electrons. The first-order valence-electron chi connectivity index (χ1n) is 6.87. The fourth-order valence-corrected chi connectivity index (χ4v) is 5.00. The molecule has 1 amide bonds. The maximum atomic E-state index is 13.1. The van der Waals surface area contributed by atoms with Crippen molar-refractivity contribution in [3.63, 3.8) is 0 Å². The van der Waals surface area contributed by atoms with E-state index in [0.717, 1.165) is 15.8 Å². The van der Waals surface area contributed by atoms with E-state index >= 15 is 0 Å². The monoisotopic (exact) mass is 364 g/mol. The number of nitrogens with zero attached hydrogens (tertiary/aromatic N) is 2. The van der Waals surface area contributed by atoms with Gasteiger partial charge in [0.1, 0.15) is 11.2 Å². The average molecular weight is 365 g/mol. The smallest absolute Gasteiger partial charge is 0.240 e. The number of rotatable bonds is 2. The van der Waals surface area contributed by atoms with Gasteiger partial charge in [-0.25, -0.2) is 9.37 Å². The molecule has 0 saturated carbocycles. The van der Waals surface area contributed by atoms with E-state index in [9.17, 15) is 9.18 Å². The number of anilines is 1. The predicted octanol–water partition coefficient (Wildman–Crippen LogP) is 4.87. The molecule has 0 bridgehead atoms. The molecule has 1 aliphatic heterocycles. The summed E-state index contributed by atoms with van der Waals surface area (Å²) in [5, 5.41) is 1.11. The number of aromatic nitrogens is 1. The van der Waals surface area contributed by atoms with Crippen LogP contribution >= 0.6 is 34.7 Å². The number of thioether (sulfide) groups is 1. The van der Waals surface area contributed by atoms with E-state index < -0.39 is 0 Å². The van der Waals surface area contributed by atoms with E-state index in [4.69, 9.17) is 11.6 Å². The van der Waals surface area contributed by atoms with Crippen molar-refractivity contribution in [2.24, 2.45) is 0 Å². The van der Waals surface area contributed by atoms with Crippen LogP contribution in [0.1, 0.15) is 10.9 Å². The number of carbonyl (C=O) groups excluding carboxylic acids is 1. The Hall–Kier alpha value is -1.63. The molecule has 0 aliphatic carbocycles. The fraction of sp³-hybridized carbons (Fsp3) is 0.125. The van der Waals surface area contributed by atoms with E-state index in [2.05, 4.69) is 4.98 Å². The minimum atomic E-state index is -0.288. The van der Waals surface area contributed by atoms with Crippen LogP contribution in [-0.2, 0) is 4.79 Å². The summed E-state index contributed by atoms with van der Waals surface area (Å²) < 4.78 is 14.1. The summed E-state index contributed by atoms with van der Waals surface area (Å²) >= 11 is 8.97. The minimum Gasteiger partial charge on any atom is -0.273 e. The second-order valence-electron chi connectivity index (χ2n) is 5.09. The van der Waals surface area contributed by atoms with Gasteiger partial charge in [-0.1, -0.05) is 35.1 Å². The van der Waals surface area contributed by atoms with Crippen LogP contribution in [0.25, 0.3) is 10.2 Å². The molecule has 23 heavy (non-hydrogen) atoms. The highest BCUT2D eigenvalue weighted by molar-refractivity contribution is 8.00. The third-order valence-corrected chi connectivity index (χ3v) is 6.03. The lowest BCUT2D eigenvalue weighted by Gasteiger charge is -2.21. The van der Waals surface area contributed by atoms with Crippen molar-refractivity contribution in [1.29, 1.82) is 0 Å². The van der Waals surface area contributed by atoms with Crippen molar-refractivity contribution in [3.8, 4) is 0 Å². The van der Waals surface area contributed by atoms with Gasteiger partial charge in [0.25, 0.3) is 0 Å². The number of thiazole rings is 1. The first-order valence-corrected chi connectivity index (χ1v) is 9.11. The maximum absolute atomic E-state index is 13.1. The molecule has 4 rings (SSSR count). The van der Waals surface area contributed by atoms with E-state index in [0.29, 0.717) is 15.9 Å². The summed E-state index contributed by atoms with van der Waals surface area (Å²) in [6, 6.07) is 11.7. The Morgan fingerprint density at radius 1 is 1.22 bits per heavy atom. The molecule has 1 unspecified atom stereocenters. The van der Waals surface area contributed by atoms with Gasteiger partial charge in [-0.3, -0.25) is 9.69 Å². The molecule has 3 nitrogen and oxygen atoms in total. The molecule has 1 aromatic heterocycles. The minimum absolute atomic E-state index is 0.00878. The highest BCUT2D eigenvalue weighted by Crippen LogP contribution is 2.44. The van der Waals surface area contributed by atoms with Gasteiger partial charge in [0.2, 0.25) is 5.91 Å². The van der Waals surface area contributed by atoms with Crippen molar-refractivity contribution in [3.05, 3.63) is 58.9 Å². The summed E-state index contributed by atoms with van der Waals surface area (Å²) in [4.78, 5) is 18.6. The molecule has 2 heterocycles. The first-order chi connectivity index (χ1) is 11.1. The van der Waals surface area contributed by atoms with Crippen LogP contribution in [-0.4, -0.2) is 16.6 Å². The van der Waals surface area contributed by atoms with Gasteiger partial charge >= 0.3 is 0 Å². The molecule has 1 saturated heterocycles. The summed E-state index contributed by atoms with van der Waals surface area (Å²) in [5.41, 5.74) is 1.71. The average Bonchev–Trinajstić information content (AvgIpc) is 3.10. The molecule has 1 aliphatic rings. The van der Waals surface area contributed by atoms with Gasteiger partial charge in [-0.05, 0) is 35.9 Å². The molecule has 7 heteroatoms. The Morgan fingerprint density at radius 3 is 2.78 bits per heavy atom. The number of hydrogen-bond donors (Lipinski definition) is 0. The van der Waals surface area contributed by atoms with Crippen LogP contribution in [0.15, 0.2) is 42.5 Å². The van der Waals surface area contributed by atoms with E-state index in [1.807, 2.05) is 12.1 Å². The van der Waals surface area contributed by atoms with Gasteiger partial charge in [0, 0.05) is 5.02 Å². The zero-order chi connectivity index (χ0) is 16.0. The van der Waals surface area contributed by atoms with Gasteiger partial charge in [0.15, 0.2) is 5.13 Å². The van der Waals surface area contributed by atoms with E-state index in [-0.39, 0.29) is 17.1 Å². The maximum Gasteiger partial charge on any atom is 0.240 e. The van der Waals surface area contributed by atoms with Gasteiger partial charge in [-0.2, -0.15) is 0 Å². The van der Waals surface area contributed by atoms with Gasteiger partial charge in [0.05, 0.1) is 16.0 Å². The lowest BCUT2D eigenvalue weighted by atomic mass is 10.2. The Kier molecular flexibility index (Phi) is 3.75. The largest absolute Gasteiger partial charge is 0.273 e. The van der Waals surface area contributed by atoms with Gasteiger partial charge in [-0.15, -0.1) is 11.8 Å². The van der Waals surface area contributed by atoms with Crippen LogP contribution < -0.4 is 4.90 Å². The summed E-state index contributed by atoms with van der Waals surface area (Å²) in [6.45, 7) is 0. The SMILES string of the molecule is O=C1CSC(c2ccc(F)cc2)N1c1nc2ccc(Cl)cc2s1. The number of hydrogen-bond acceptors (Lipinski definition) is 4. The van der Waals surface area contributed by atoms with Crippen molar-refractivity contribution in [1.82, 2.24) is 4.98 Å². The zero-order valence-electron chi connectivity index (χ0n) is 11.7. The Morgan fingerprint density at radius 2 is 2.00 bits per heavy atom. The van der Waals surface area contributed by atoms with E-state index in [1.165, 1.54) is 35.2 Å². The molecule has 2 aromatic carbocycles. The molecule has 3 aromatic rings. The van der Waals surface area contributed by atoms with Crippen LogP contribution in [0.5, 0.6) is 0 Å². The summed E-state index contributed by atoms with van der Waals surface area (Å²) in [6.07, 6.45) is 0. The topological polar surface area (TPSA) is 33.2 Å². The number of benzene rings is 2. The third-order valence-electron chi connectivity index (χ3n) is 3.57. The second kappa shape index (κ2) is 5.78. The standard InChI is InChI=1S/C16H10ClFN2OS2/c17-10-3-6-12-13(7-10)23-16(19-12)20-14(21)8-22-15(20)9-1-4-11(18)5-2-9/h1-7,15H,8H2. The lowest BCUT2D eigenvalue weighted by Crippen LogP contribution is -2.27. The first kappa shape index (κ1) is 14.9. The van der Waals surface area contributed by atoms with Crippen molar-refractivity contribution in [2.75, 3.05) is 10.7 Å². The third kappa shape index (κ3) is 2.71. The lowest BCUT2D eigenvalue weighted by molar-refractivity contribution is -0.115. The normalized spacial score (nSPS) is 18.1. The Bertz CT molecular complexity index is 897. The van der Waals surface area contributed by atoms with Gasteiger partial charge < -0.3 is 0 Å². The molecule has 0 spiro atoms. The number of amides is 1. The van der Waals surface area contributed by atoms with Crippen LogP contribution in [0, 0.1) is 5.82 Å².